The van der Waals surface area contributed by atoms with Gasteiger partial charge in [0.15, 0.2) is 0 Å². The monoisotopic (exact) mass is 335 g/mol. The molecular weight excluding hydrogens is 310 g/mol. The topological polar surface area (TPSA) is 39.9 Å². The lowest BCUT2D eigenvalue weighted by Gasteiger charge is -2.21. The highest BCUT2D eigenvalue weighted by Crippen LogP contribution is 2.29. The first-order valence-corrected chi connectivity index (χ1v) is 9.34. The van der Waals surface area contributed by atoms with Crippen LogP contribution in [0.2, 0.25) is 0 Å². The fraction of sp³-hybridized carbons (Fsp3) is 0.524. The summed E-state index contributed by atoms with van der Waals surface area (Å²) in [4.78, 5) is 0. The van der Waals surface area contributed by atoms with E-state index in [0.717, 1.165) is 30.8 Å². The molecule has 1 aromatic carbocycles. The summed E-state index contributed by atoms with van der Waals surface area (Å²) in [6.45, 7) is 5.92. The van der Waals surface area contributed by atoms with E-state index in [1.807, 2.05) is 10.9 Å². The van der Waals surface area contributed by atoms with E-state index in [4.69, 9.17) is 4.74 Å². The Balaban J connectivity index is 1.54. The van der Waals surface area contributed by atoms with E-state index in [1.165, 1.54) is 42.4 Å². The lowest BCUT2D eigenvalue weighted by Crippen LogP contribution is -2.24. The molecule has 0 bridgehead atoms. The van der Waals surface area contributed by atoms with Crippen molar-refractivity contribution in [2.45, 2.75) is 58.6 Å². The maximum Gasteiger partial charge on any atom is 0.113 e. The van der Waals surface area contributed by atoms with E-state index in [1.54, 1.807) is 0 Å². The summed E-state index contributed by atoms with van der Waals surface area (Å²) in [5.41, 5.74) is 5.64. The molecule has 0 unspecified atom stereocenters. The summed E-state index contributed by atoms with van der Waals surface area (Å²) in [6.07, 6.45) is 8.37. The zero-order chi connectivity index (χ0) is 17.2. The van der Waals surface area contributed by atoms with Crippen LogP contribution >= 0.6 is 0 Å². The lowest BCUT2D eigenvalue weighted by molar-refractivity contribution is 0.00370. The van der Waals surface area contributed by atoms with Gasteiger partial charge in [-0.05, 0) is 69.2 Å². The number of aryl methyl sites for hydroxylation is 2. The molecule has 2 aliphatic rings. The molecule has 1 aliphatic carbocycles. The molecule has 25 heavy (non-hydrogen) atoms. The SMILES string of the molecule is Cc1cc(C#CC2CC2)cc(C)c1-c1cn(C[C@H]2CCCCO2)nn1. The minimum Gasteiger partial charge on any atom is -0.376 e. The predicted octanol–water partition coefficient (Wildman–Crippen LogP) is 3.89. The Hall–Kier alpha value is -2.12. The number of benzene rings is 1. The smallest absolute Gasteiger partial charge is 0.113 e. The Kier molecular flexibility index (Phi) is 4.59. The fourth-order valence-electron chi connectivity index (χ4n) is 3.51. The van der Waals surface area contributed by atoms with Crippen LogP contribution in [-0.4, -0.2) is 27.7 Å². The fourth-order valence-corrected chi connectivity index (χ4v) is 3.51. The molecular formula is C21H25N3O. The first-order valence-electron chi connectivity index (χ1n) is 9.34. The van der Waals surface area contributed by atoms with Crippen LogP contribution in [-0.2, 0) is 11.3 Å². The van der Waals surface area contributed by atoms with Gasteiger partial charge in [0.1, 0.15) is 5.69 Å². The molecule has 2 aromatic rings. The van der Waals surface area contributed by atoms with Crippen molar-refractivity contribution in [1.82, 2.24) is 15.0 Å². The van der Waals surface area contributed by atoms with Gasteiger partial charge in [-0.25, -0.2) is 4.68 Å². The second-order valence-corrected chi connectivity index (χ2v) is 7.34. The minimum absolute atomic E-state index is 0.269. The van der Waals surface area contributed by atoms with E-state index < -0.39 is 0 Å². The Morgan fingerprint density at radius 1 is 1.16 bits per heavy atom. The number of hydrogen-bond donors (Lipinski definition) is 0. The van der Waals surface area contributed by atoms with Crippen LogP contribution in [0.3, 0.4) is 0 Å². The van der Waals surface area contributed by atoms with Gasteiger partial charge in [0.05, 0.1) is 18.8 Å². The van der Waals surface area contributed by atoms with Crippen LogP contribution in [0.15, 0.2) is 18.3 Å². The third-order valence-electron chi connectivity index (χ3n) is 4.99. The number of rotatable bonds is 3. The molecule has 2 fully saturated rings. The zero-order valence-electron chi connectivity index (χ0n) is 15.1. The average Bonchev–Trinajstić information content (AvgIpc) is 3.33. The van der Waals surface area contributed by atoms with Crippen LogP contribution in [0.1, 0.15) is 48.8 Å². The van der Waals surface area contributed by atoms with E-state index in [0.29, 0.717) is 5.92 Å². The molecule has 0 radical (unpaired) electrons. The van der Waals surface area contributed by atoms with Crippen molar-refractivity contribution in [2.75, 3.05) is 6.61 Å². The molecule has 0 amide bonds. The van der Waals surface area contributed by atoms with Gasteiger partial charge in [-0.3, -0.25) is 0 Å². The summed E-state index contributed by atoms with van der Waals surface area (Å²) in [6, 6.07) is 4.34. The molecule has 0 spiro atoms. The summed E-state index contributed by atoms with van der Waals surface area (Å²) < 4.78 is 7.73. The van der Waals surface area contributed by atoms with Crippen molar-refractivity contribution in [2.24, 2.45) is 5.92 Å². The second-order valence-electron chi connectivity index (χ2n) is 7.34. The molecule has 4 heteroatoms. The molecule has 1 atom stereocenters. The van der Waals surface area contributed by atoms with Crippen LogP contribution in [0.4, 0.5) is 0 Å². The Morgan fingerprint density at radius 3 is 2.64 bits per heavy atom. The van der Waals surface area contributed by atoms with E-state index >= 15 is 0 Å². The van der Waals surface area contributed by atoms with E-state index in [-0.39, 0.29) is 6.10 Å². The maximum absolute atomic E-state index is 5.81. The molecule has 0 N–H and O–H groups in total. The molecule has 130 valence electrons. The van der Waals surface area contributed by atoms with Crippen LogP contribution < -0.4 is 0 Å². The Bertz CT molecular complexity index is 794. The lowest BCUT2D eigenvalue weighted by atomic mass is 9.97. The Labute approximate surface area is 149 Å². The quantitative estimate of drug-likeness (QED) is 0.799. The first-order chi connectivity index (χ1) is 12.2. The zero-order valence-corrected chi connectivity index (χ0v) is 15.1. The standard InChI is InChI=1S/C21H25N3O/c1-15-11-18(9-8-17-6-7-17)12-16(2)21(15)20-14-24(23-22-20)13-19-5-3-4-10-25-19/h11-12,14,17,19H,3-7,10,13H2,1-2H3/t19-/m1/s1. The minimum atomic E-state index is 0.269. The molecule has 4 nitrogen and oxygen atoms in total. The molecule has 1 saturated carbocycles. The first kappa shape index (κ1) is 16.4. The van der Waals surface area contributed by atoms with Crippen molar-refractivity contribution in [1.29, 1.82) is 0 Å². The van der Waals surface area contributed by atoms with Crippen molar-refractivity contribution in [3.05, 3.63) is 35.0 Å². The molecule has 1 aliphatic heterocycles. The van der Waals surface area contributed by atoms with Gasteiger partial charge >= 0.3 is 0 Å². The summed E-state index contributed by atoms with van der Waals surface area (Å²) in [7, 11) is 0. The van der Waals surface area contributed by atoms with Crippen molar-refractivity contribution in [3.63, 3.8) is 0 Å². The number of aromatic nitrogens is 3. The Morgan fingerprint density at radius 2 is 1.96 bits per heavy atom. The number of hydrogen-bond acceptors (Lipinski definition) is 3. The van der Waals surface area contributed by atoms with E-state index in [9.17, 15) is 0 Å². The number of nitrogens with zero attached hydrogens (tertiary/aromatic N) is 3. The highest BCUT2D eigenvalue weighted by Gasteiger charge is 2.18. The third-order valence-corrected chi connectivity index (χ3v) is 4.99. The molecule has 1 aromatic heterocycles. The van der Waals surface area contributed by atoms with Crippen LogP contribution in [0.5, 0.6) is 0 Å². The highest BCUT2D eigenvalue weighted by molar-refractivity contribution is 5.68. The van der Waals surface area contributed by atoms with Crippen LogP contribution in [0, 0.1) is 31.6 Å². The van der Waals surface area contributed by atoms with Crippen molar-refractivity contribution < 1.29 is 4.74 Å². The summed E-state index contributed by atoms with van der Waals surface area (Å²) in [5, 5.41) is 8.73. The predicted molar refractivity (Wildman–Crippen MR) is 98.1 cm³/mol. The van der Waals surface area contributed by atoms with Crippen molar-refractivity contribution in [3.8, 4) is 23.1 Å². The van der Waals surface area contributed by atoms with Gasteiger partial charge in [0.25, 0.3) is 0 Å². The normalized spacial score (nSPS) is 20.2. The van der Waals surface area contributed by atoms with Crippen molar-refractivity contribution >= 4 is 0 Å². The van der Waals surface area contributed by atoms with Crippen LogP contribution in [0.25, 0.3) is 11.3 Å². The van der Waals surface area contributed by atoms with Gasteiger partial charge in [0.2, 0.25) is 0 Å². The third kappa shape index (κ3) is 3.93. The summed E-state index contributed by atoms with van der Waals surface area (Å²) >= 11 is 0. The largest absolute Gasteiger partial charge is 0.376 e. The highest BCUT2D eigenvalue weighted by atomic mass is 16.5. The van der Waals surface area contributed by atoms with Gasteiger partial charge in [-0.15, -0.1) is 5.10 Å². The van der Waals surface area contributed by atoms with Gasteiger partial charge in [-0.2, -0.15) is 0 Å². The average molecular weight is 335 g/mol. The second kappa shape index (κ2) is 7.01. The van der Waals surface area contributed by atoms with Gasteiger partial charge in [0, 0.05) is 23.7 Å². The maximum atomic E-state index is 5.81. The summed E-state index contributed by atoms with van der Waals surface area (Å²) in [5.74, 6) is 7.29. The number of ether oxygens (including phenoxy) is 1. The molecule has 2 heterocycles. The molecule has 1 saturated heterocycles. The van der Waals surface area contributed by atoms with E-state index in [2.05, 4.69) is 48.1 Å². The molecule has 4 rings (SSSR count). The van der Waals surface area contributed by atoms with Gasteiger partial charge in [-0.1, -0.05) is 17.1 Å². The van der Waals surface area contributed by atoms with Gasteiger partial charge < -0.3 is 4.74 Å².